The molecule has 0 spiro atoms. The molecule has 0 N–H and O–H groups in total. The quantitative estimate of drug-likeness (QED) is 0.159. The maximum absolute atomic E-state index is 11.4. The molecule has 0 aliphatic rings. The number of benzene rings is 10. The average Bonchev–Trinajstić information content (AvgIpc) is 4.13. The Morgan fingerprint density at radius 1 is 0.353 bits per heavy atom. The van der Waals surface area contributed by atoms with Gasteiger partial charge in [0.05, 0.1) is 67.6 Å². The fraction of sp³-hybridized carbons (Fsp3) is 0. The third-order valence-corrected chi connectivity index (χ3v) is 14.0. The van der Waals surface area contributed by atoms with Crippen LogP contribution in [-0.2, 0) is 0 Å². The van der Waals surface area contributed by atoms with Gasteiger partial charge in [0.15, 0.2) is 0 Å². The van der Waals surface area contributed by atoms with E-state index in [4.69, 9.17) is 6.57 Å². The van der Waals surface area contributed by atoms with Gasteiger partial charge in [-0.15, -0.1) is 0 Å². The Morgan fingerprint density at radius 2 is 0.691 bits per heavy atom. The van der Waals surface area contributed by atoms with E-state index in [2.05, 4.69) is 223 Å². The minimum Gasteiger partial charge on any atom is -0.318 e. The van der Waals surface area contributed by atoms with Crippen molar-refractivity contribution >= 4 is 92.9 Å². The molecule has 68 heavy (non-hydrogen) atoms. The molecule has 314 valence electrons. The Balaban J connectivity index is 1.17. The number of fused-ring (bicyclic) bond motifs is 14. The van der Waals surface area contributed by atoms with E-state index in [1.165, 1.54) is 0 Å². The normalized spacial score (nSPS) is 11.8. The van der Waals surface area contributed by atoms with E-state index in [1.807, 2.05) is 24.3 Å². The van der Waals surface area contributed by atoms with Crippen molar-refractivity contribution in [1.82, 2.24) is 18.3 Å². The second-order valence-electron chi connectivity index (χ2n) is 17.4. The predicted molar refractivity (Wildman–Crippen MR) is 280 cm³/mol. The van der Waals surface area contributed by atoms with Crippen LogP contribution in [0.1, 0.15) is 5.56 Å². The van der Waals surface area contributed by atoms with Gasteiger partial charge in [-0.05, 0) is 84.4 Å². The number of hydrogen-bond donors (Lipinski definition) is 0. The van der Waals surface area contributed by atoms with Gasteiger partial charge >= 0.3 is 0 Å². The lowest BCUT2D eigenvalue weighted by atomic mass is 9.95. The van der Waals surface area contributed by atoms with Gasteiger partial charge in [0.25, 0.3) is 0 Å². The Morgan fingerprint density at radius 3 is 1.09 bits per heavy atom. The summed E-state index contributed by atoms with van der Waals surface area (Å²) in [6.07, 6.45) is 0. The monoisotopic (exact) mass is 864 g/mol. The first kappa shape index (κ1) is 37.7. The molecule has 6 heteroatoms. The summed E-state index contributed by atoms with van der Waals surface area (Å²) in [7, 11) is 0. The second-order valence-corrected chi connectivity index (χ2v) is 17.4. The third kappa shape index (κ3) is 5.09. The zero-order valence-corrected chi connectivity index (χ0v) is 36.5. The molecule has 4 aromatic heterocycles. The molecule has 0 atom stereocenters. The molecular formula is C62H36N6. The molecule has 0 radical (unpaired) electrons. The van der Waals surface area contributed by atoms with Crippen molar-refractivity contribution in [2.45, 2.75) is 0 Å². The molecule has 10 aromatic carbocycles. The van der Waals surface area contributed by atoms with Crippen molar-refractivity contribution in [1.29, 1.82) is 5.26 Å². The van der Waals surface area contributed by atoms with Gasteiger partial charge < -0.3 is 18.3 Å². The summed E-state index contributed by atoms with van der Waals surface area (Å²) in [5.74, 6) is 0. The van der Waals surface area contributed by atoms with Crippen LogP contribution in [0, 0.1) is 17.9 Å². The molecular weight excluding hydrogens is 829 g/mol. The highest BCUT2D eigenvalue weighted by Gasteiger charge is 2.29. The number of nitriles is 1. The Kier molecular flexibility index (Phi) is 8.01. The maximum Gasteiger partial charge on any atom is 0.212 e. The summed E-state index contributed by atoms with van der Waals surface area (Å²) in [4.78, 5) is 4.31. The number of aromatic nitrogens is 4. The third-order valence-electron chi connectivity index (χ3n) is 14.0. The molecule has 0 unspecified atom stereocenters. The van der Waals surface area contributed by atoms with Gasteiger partial charge in [0, 0.05) is 60.0 Å². The minimum absolute atomic E-state index is 0.396. The van der Waals surface area contributed by atoms with Crippen LogP contribution in [-0.4, -0.2) is 18.3 Å². The summed E-state index contributed by atoms with van der Waals surface area (Å²) in [5, 5.41) is 20.4. The van der Waals surface area contributed by atoms with E-state index in [1.54, 1.807) is 0 Å². The fourth-order valence-corrected chi connectivity index (χ4v) is 11.4. The lowest BCUT2D eigenvalue weighted by molar-refractivity contribution is 1.13. The molecule has 14 rings (SSSR count). The maximum atomic E-state index is 11.4. The number of nitrogens with zero attached hydrogens (tertiary/aromatic N) is 6. The van der Waals surface area contributed by atoms with Crippen molar-refractivity contribution in [2.24, 2.45) is 0 Å². The van der Waals surface area contributed by atoms with Crippen LogP contribution in [0.5, 0.6) is 0 Å². The molecule has 0 saturated heterocycles. The van der Waals surface area contributed by atoms with Gasteiger partial charge in [-0.1, -0.05) is 140 Å². The van der Waals surface area contributed by atoms with Crippen LogP contribution in [0.25, 0.3) is 126 Å². The first-order valence-electron chi connectivity index (χ1n) is 22.8. The zero-order chi connectivity index (χ0) is 45.0. The molecule has 0 fully saturated rings. The summed E-state index contributed by atoms with van der Waals surface area (Å²) in [5.41, 5.74) is 14.5. The van der Waals surface area contributed by atoms with E-state index < -0.39 is 0 Å². The van der Waals surface area contributed by atoms with Gasteiger partial charge in [-0.25, -0.2) is 4.85 Å². The van der Waals surface area contributed by atoms with Crippen LogP contribution in [0.3, 0.4) is 0 Å². The van der Waals surface area contributed by atoms with Crippen molar-refractivity contribution in [3.05, 3.63) is 235 Å². The summed E-state index contributed by atoms with van der Waals surface area (Å²) in [6, 6.07) is 79.1. The van der Waals surface area contributed by atoms with E-state index in [0.717, 1.165) is 121 Å². The van der Waals surface area contributed by atoms with Gasteiger partial charge in [0.1, 0.15) is 6.07 Å². The SMILES string of the molecule is [C-]#[N+]c1cc(C#N)c(-n2c3ccccc3c3c4c5ccccc5n(-c5ccccc5)c4ccc32)c(-c2ccccc2)c1-n1c2ccccc2c2c3c4ccccc4n(-c4ccccc4)c3ccc21. The first-order chi connectivity index (χ1) is 33.7. The molecule has 0 bridgehead atoms. The predicted octanol–water partition coefficient (Wildman–Crippen LogP) is 16.2. The van der Waals surface area contributed by atoms with Crippen LogP contribution < -0.4 is 0 Å². The highest BCUT2D eigenvalue weighted by Crippen LogP contribution is 2.50. The van der Waals surface area contributed by atoms with Gasteiger partial charge in [-0.3, -0.25) is 0 Å². The van der Waals surface area contributed by atoms with Gasteiger partial charge in [0.2, 0.25) is 5.69 Å². The summed E-state index contributed by atoms with van der Waals surface area (Å²) in [6.45, 7) is 8.91. The van der Waals surface area contributed by atoms with Crippen LogP contribution in [0.4, 0.5) is 5.69 Å². The average molecular weight is 865 g/mol. The van der Waals surface area contributed by atoms with E-state index in [0.29, 0.717) is 11.3 Å². The van der Waals surface area contributed by atoms with Crippen molar-refractivity contribution in [2.75, 3.05) is 0 Å². The molecule has 14 aromatic rings. The Bertz CT molecular complexity index is 4230. The van der Waals surface area contributed by atoms with Crippen molar-refractivity contribution < 1.29 is 0 Å². The van der Waals surface area contributed by atoms with Crippen LogP contribution >= 0.6 is 0 Å². The topological polar surface area (TPSA) is 47.9 Å². The summed E-state index contributed by atoms with van der Waals surface area (Å²) >= 11 is 0. The van der Waals surface area contributed by atoms with Crippen molar-refractivity contribution in [3.63, 3.8) is 0 Å². The fourth-order valence-electron chi connectivity index (χ4n) is 11.4. The molecule has 0 aliphatic heterocycles. The van der Waals surface area contributed by atoms with Gasteiger partial charge in [-0.2, -0.15) is 5.26 Å². The molecule has 0 saturated carbocycles. The number of hydrogen-bond acceptors (Lipinski definition) is 1. The number of rotatable bonds is 5. The lowest BCUT2D eigenvalue weighted by Crippen LogP contribution is -2.06. The summed E-state index contributed by atoms with van der Waals surface area (Å²) < 4.78 is 9.28. The second kappa shape index (κ2) is 14.4. The Hall–Kier alpha value is -9.62. The van der Waals surface area contributed by atoms with Crippen LogP contribution in [0.2, 0.25) is 0 Å². The molecule has 6 nitrogen and oxygen atoms in total. The first-order valence-corrected chi connectivity index (χ1v) is 22.8. The Labute approximate surface area is 390 Å². The van der Waals surface area contributed by atoms with E-state index in [-0.39, 0.29) is 0 Å². The van der Waals surface area contributed by atoms with Crippen molar-refractivity contribution in [3.8, 4) is 39.9 Å². The highest BCUT2D eigenvalue weighted by molar-refractivity contribution is 6.31. The smallest absolute Gasteiger partial charge is 0.212 e. The molecule has 0 aliphatic carbocycles. The largest absolute Gasteiger partial charge is 0.318 e. The minimum atomic E-state index is 0.396. The molecule has 0 amide bonds. The van der Waals surface area contributed by atoms with E-state index >= 15 is 0 Å². The van der Waals surface area contributed by atoms with Crippen LogP contribution in [0.15, 0.2) is 218 Å². The molecule has 4 heterocycles. The highest BCUT2D eigenvalue weighted by atomic mass is 15.1. The lowest BCUT2D eigenvalue weighted by Gasteiger charge is -2.23. The van der Waals surface area contributed by atoms with E-state index in [9.17, 15) is 5.26 Å². The zero-order valence-electron chi connectivity index (χ0n) is 36.5. The standard InChI is InChI=1S/C62H36N6/c1-64-47-37-40(38-63)61(67-50-31-17-13-27-45(50)59-54(67)35-33-52-57(59)43-25-11-15-29-48(43)65(52)41-21-7-3-8-22-41)56(39-19-5-2-6-20-39)62(47)68-51-32-18-14-28-46(51)60-55(68)36-34-53-58(60)44-26-12-16-30-49(44)66(53)42-23-9-4-10-24-42/h2-37H. The number of para-hydroxylation sites is 6.